The lowest BCUT2D eigenvalue weighted by atomic mass is 10.1. The Morgan fingerprint density at radius 1 is 0.903 bits per heavy atom. The summed E-state index contributed by atoms with van der Waals surface area (Å²) < 4.78 is 15.9. The molecule has 0 radical (unpaired) electrons. The lowest BCUT2D eigenvalue weighted by Gasteiger charge is -2.13. The van der Waals surface area contributed by atoms with Crippen molar-refractivity contribution < 1.29 is 28.6 Å². The number of ether oxygens (including phenoxy) is 3. The van der Waals surface area contributed by atoms with Gasteiger partial charge in [-0.15, -0.1) is 0 Å². The van der Waals surface area contributed by atoms with Crippen LogP contribution in [-0.2, 0) is 14.3 Å². The van der Waals surface area contributed by atoms with E-state index in [-0.39, 0.29) is 18.0 Å². The molecule has 0 spiro atoms. The summed E-state index contributed by atoms with van der Waals surface area (Å²) in [5.41, 5.74) is 3.85. The molecule has 0 aromatic heterocycles. The van der Waals surface area contributed by atoms with E-state index in [0.717, 1.165) is 22.4 Å². The van der Waals surface area contributed by atoms with E-state index in [2.05, 4.69) is 26.6 Å². The Morgan fingerprint density at radius 2 is 1.45 bits per heavy atom. The molecule has 2 aromatic carbocycles. The van der Waals surface area contributed by atoms with Crippen LogP contribution in [0, 0.1) is 20.8 Å². The van der Waals surface area contributed by atoms with Gasteiger partial charge in [0.05, 0.1) is 26.3 Å². The van der Waals surface area contributed by atoms with E-state index in [9.17, 15) is 14.4 Å². The molecule has 2 N–H and O–H groups in total. The first-order chi connectivity index (χ1) is 14.7. The highest BCUT2D eigenvalue weighted by atomic mass is 79.9. The Balaban J connectivity index is 1.88. The standard InChI is InChI=1S/C22H25BrN2O6/c1-12-6-13(2)21(14(3)7-12)25-18(26)10-24-19(27)11-31-22(28)15-8-16(29-4)20(23)17(9-15)30-5/h6-9H,10-11H2,1-5H3,(H,24,27)(H,25,26). The third-order valence-electron chi connectivity index (χ3n) is 4.40. The summed E-state index contributed by atoms with van der Waals surface area (Å²) in [6, 6.07) is 6.86. The second-order valence-corrected chi connectivity index (χ2v) is 7.66. The zero-order valence-corrected chi connectivity index (χ0v) is 19.6. The smallest absolute Gasteiger partial charge is 0.338 e. The summed E-state index contributed by atoms with van der Waals surface area (Å²) in [5, 5.41) is 5.22. The largest absolute Gasteiger partial charge is 0.495 e. The predicted molar refractivity (Wildman–Crippen MR) is 120 cm³/mol. The van der Waals surface area contributed by atoms with Crippen molar-refractivity contribution in [3.05, 3.63) is 51.0 Å². The Morgan fingerprint density at radius 3 is 1.97 bits per heavy atom. The van der Waals surface area contributed by atoms with Crippen LogP contribution in [0.3, 0.4) is 0 Å². The van der Waals surface area contributed by atoms with E-state index in [1.165, 1.54) is 26.4 Å². The van der Waals surface area contributed by atoms with Crippen molar-refractivity contribution in [1.29, 1.82) is 0 Å². The number of esters is 1. The minimum Gasteiger partial charge on any atom is -0.495 e. The quantitative estimate of drug-likeness (QED) is 0.548. The Hall–Kier alpha value is -3.07. The first-order valence-corrected chi connectivity index (χ1v) is 10.2. The van der Waals surface area contributed by atoms with Gasteiger partial charge in [0.1, 0.15) is 16.0 Å². The van der Waals surface area contributed by atoms with Crippen molar-refractivity contribution in [3.8, 4) is 11.5 Å². The van der Waals surface area contributed by atoms with Gasteiger partial charge in [-0.25, -0.2) is 4.79 Å². The molecule has 0 fully saturated rings. The molecule has 0 unspecified atom stereocenters. The van der Waals surface area contributed by atoms with Crippen molar-refractivity contribution in [2.45, 2.75) is 20.8 Å². The van der Waals surface area contributed by atoms with Crippen LogP contribution in [0.25, 0.3) is 0 Å². The summed E-state index contributed by atoms with van der Waals surface area (Å²) in [5.74, 6) is -0.938. The van der Waals surface area contributed by atoms with Gasteiger partial charge in [0, 0.05) is 5.69 Å². The average Bonchev–Trinajstić information content (AvgIpc) is 2.73. The van der Waals surface area contributed by atoms with Crippen LogP contribution in [0.1, 0.15) is 27.0 Å². The minimum absolute atomic E-state index is 0.160. The van der Waals surface area contributed by atoms with Gasteiger partial charge in [-0.3, -0.25) is 9.59 Å². The van der Waals surface area contributed by atoms with Crippen molar-refractivity contribution >= 4 is 39.4 Å². The molecule has 0 aliphatic rings. The number of carbonyl (C=O) groups is 3. The number of halogens is 1. The molecule has 2 rings (SSSR count). The maximum absolute atomic E-state index is 12.3. The molecule has 0 atom stereocenters. The van der Waals surface area contributed by atoms with Gasteiger partial charge < -0.3 is 24.8 Å². The monoisotopic (exact) mass is 492 g/mol. The molecule has 0 bridgehead atoms. The van der Waals surface area contributed by atoms with E-state index >= 15 is 0 Å². The highest BCUT2D eigenvalue weighted by Crippen LogP contribution is 2.35. The number of hydrogen-bond donors (Lipinski definition) is 2. The second-order valence-electron chi connectivity index (χ2n) is 6.87. The van der Waals surface area contributed by atoms with E-state index in [0.29, 0.717) is 16.0 Å². The molecule has 0 aliphatic heterocycles. The maximum atomic E-state index is 12.3. The number of nitrogens with one attached hydrogen (secondary N) is 2. The molecule has 166 valence electrons. The number of carbonyl (C=O) groups excluding carboxylic acids is 3. The van der Waals surface area contributed by atoms with Gasteiger partial charge in [0.25, 0.3) is 5.91 Å². The normalized spacial score (nSPS) is 10.3. The van der Waals surface area contributed by atoms with Gasteiger partial charge in [-0.2, -0.15) is 0 Å². The van der Waals surface area contributed by atoms with Crippen molar-refractivity contribution in [2.24, 2.45) is 0 Å². The number of rotatable bonds is 8. The summed E-state index contributed by atoms with van der Waals surface area (Å²) in [6.07, 6.45) is 0. The molecule has 0 saturated heterocycles. The van der Waals surface area contributed by atoms with Gasteiger partial charge in [0.2, 0.25) is 5.91 Å². The number of methoxy groups -OCH3 is 2. The zero-order chi connectivity index (χ0) is 23.1. The first-order valence-electron chi connectivity index (χ1n) is 9.39. The minimum atomic E-state index is -0.727. The molecule has 2 amide bonds. The van der Waals surface area contributed by atoms with Crippen LogP contribution in [0.4, 0.5) is 5.69 Å². The average molecular weight is 493 g/mol. The number of aryl methyl sites for hydroxylation is 3. The molecule has 0 saturated carbocycles. The lowest BCUT2D eigenvalue weighted by Crippen LogP contribution is -2.35. The topological polar surface area (TPSA) is 103 Å². The Labute approximate surface area is 189 Å². The molecular weight excluding hydrogens is 468 g/mol. The van der Waals surface area contributed by atoms with Crippen molar-refractivity contribution in [3.63, 3.8) is 0 Å². The van der Waals surface area contributed by atoms with Crippen LogP contribution in [-0.4, -0.2) is 45.2 Å². The lowest BCUT2D eigenvalue weighted by molar-refractivity contribution is -0.126. The van der Waals surface area contributed by atoms with Crippen molar-refractivity contribution in [2.75, 3.05) is 32.7 Å². The summed E-state index contributed by atoms with van der Waals surface area (Å²) in [6.45, 7) is 5.01. The fourth-order valence-corrected chi connectivity index (χ4v) is 3.54. The highest BCUT2D eigenvalue weighted by molar-refractivity contribution is 9.10. The molecule has 0 heterocycles. The Bertz CT molecular complexity index is 957. The third-order valence-corrected chi connectivity index (χ3v) is 5.18. The maximum Gasteiger partial charge on any atom is 0.338 e. The highest BCUT2D eigenvalue weighted by Gasteiger charge is 2.17. The number of hydrogen-bond acceptors (Lipinski definition) is 6. The molecule has 31 heavy (non-hydrogen) atoms. The molecule has 2 aromatic rings. The van der Waals surface area contributed by atoms with Gasteiger partial charge in [-0.05, 0) is 60.0 Å². The van der Waals surface area contributed by atoms with E-state index in [1.54, 1.807) is 0 Å². The van der Waals surface area contributed by atoms with Crippen LogP contribution >= 0.6 is 15.9 Å². The van der Waals surface area contributed by atoms with E-state index < -0.39 is 18.5 Å². The third kappa shape index (κ3) is 6.45. The first kappa shape index (κ1) is 24.2. The van der Waals surface area contributed by atoms with Crippen LogP contribution < -0.4 is 20.1 Å². The molecule has 0 aliphatic carbocycles. The van der Waals surface area contributed by atoms with Gasteiger partial charge >= 0.3 is 5.97 Å². The second kappa shape index (κ2) is 10.8. The number of benzene rings is 2. The molecule has 9 heteroatoms. The van der Waals surface area contributed by atoms with Crippen LogP contribution in [0.2, 0.25) is 0 Å². The van der Waals surface area contributed by atoms with E-state index in [1.807, 2.05) is 32.9 Å². The van der Waals surface area contributed by atoms with Gasteiger partial charge in [0.15, 0.2) is 6.61 Å². The Kier molecular flexibility index (Phi) is 8.44. The van der Waals surface area contributed by atoms with E-state index in [4.69, 9.17) is 14.2 Å². The summed E-state index contributed by atoms with van der Waals surface area (Å²) in [4.78, 5) is 36.4. The summed E-state index contributed by atoms with van der Waals surface area (Å²) in [7, 11) is 2.90. The van der Waals surface area contributed by atoms with Crippen LogP contribution in [0.5, 0.6) is 11.5 Å². The SMILES string of the molecule is COc1cc(C(=O)OCC(=O)NCC(=O)Nc2c(C)cc(C)cc2C)cc(OC)c1Br. The molecule has 8 nitrogen and oxygen atoms in total. The number of amides is 2. The zero-order valence-electron chi connectivity index (χ0n) is 18.1. The van der Waals surface area contributed by atoms with Gasteiger partial charge in [-0.1, -0.05) is 17.7 Å². The van der Waals surface area contributed by atoms with Crippen molar-refractivity contribution in [1.82, 2.24) is 5.32 Å². The van der Waals surface area contributed by atoms with Crippen LogP contribution in [0.15, 0.2) is 28.7 Å². The fourth-order valence-electron chi connectivity index (χ4n) is 2.99. The molecular formula is C22H25BrN2O6. The summed E-state index contributed by atoms with van der Waals surface area (Å²) >= 11 is 3.31. The predicted octanol–water partition coefficient (Wildman–Crippen LogP) is 3.30. The fraction of sp³-hybridized carbons (Fsp3) is 0.318. The number of anilines is 1.